The maximum atomic E-state index is 12.9. The number of anilines is 1. The molecule has 0 saturated carbocycles. The molecule has 0 atom stereocenters. The number of aryl methyl sites for hydroxylation is 1. The third-order valence-electron chi connectivity index (χ3n) is 4.98. The van der Waals surface area contributed by atoms with E-state index in [4.69, 9.17) is 4.74 Å². The zero-order chi connectivity index (χ0) is 21.1. The molecule has 1 N–H and O–H groups in total. The molecule has 2 aromatic carbocycles. The van der Waals surface area contributed by atoms with Crippen molar-refractivity contribution in [3.8, 4) is 5.75 Å². The average molecular weight is 439 g/mol. The lowest BCUT2D eigenvalue weighted by Crippen LogP contribution is -2.38. The number of para-hydroxylation sites is 1. The minimum absolute atomic E-state index is 0.0835. The summed E-state index contributed by atoms with van der Waals surface area (Å²) in [5, 5.41) is 0. The van der Waals surface area contributed by atoms with Crippen molar-refractivity contribution < 1.29 is 21.6 Å². The summed E-state index contributed by atoms with van der Waals surface area (Å²) in [5.41, 5.74) is 1.86. The van der Waals surface area contributed by atoms with Gasteiger partial charge in [-0.15, -0.1) is 0 Å². The summed E-state index contributed by atoms with van der Waals surface area (Å²) in [6, 6.07) is 12.2. The van der Waals surface area contributed by atoms with Gasteiger partial charge in [-0.25, -0.2) is 21.6 Å². The molecule has 3 rings (SSSR count). The Hall–Kier alpha value is -2.10. The van der Waals surface area contributed by atoms with Crippen LogP contribution in [0.25, 0.3) is 0 Å². The molecule has 1 fully saturated rings. The highest BCUT2D eigenvalue weighted by atomic mass is 32.2. The molecule has 0 bridgehead atoms. The quantitative estimate of drug-likeness (QED) is 0.717. The van der Waals surface area contributed by atoms with Crippen molar-refractivity contribution in [2.24, 2.45) is 0 Å². The maximum Gasteiger partial charge on any atom is 0.240 e. The number of ether oxygens (including phenoxy) is 1. The molecular formula is C20H26N2O5S2. The Morgan fingerprint density at radius 3 is 2.62 bits per heavy atom. The Balaban J connectivity index is 1.79. The standard InChI is InChI=1S/C20H26N2O5S2/c1-16-9-10-18(22-13-5-6-14-28(22,23)24)15-20(16)29(25,26)21-12-11-17-7-3-4-8-19(17)27-2/h3-4,7-10,15,21H,5-6,11-14H2,1-2H3. The lowest BCUT2D eigenvalue weighted by Gasteiger charge is -2.28. The Labute approximate surface area is 172 Å². The second kappa shape index (κ2) is 8.73. The van der Waals surface area contributed by atoms with Gasteiger partial charge in [0.05, 0.1) is 23.4 Å². The van der Waals surface area contributed by atoms with Gasteiger partial charge in [-0.1, -0.05) is 24.3 Å². The summed E-state index contributed by atoms with van der Waals surface area (Å²) in [4.78, 5) is 0.0933. The van der Waals surface area contributed by atoms with Gasteiger partial charge in [-0.3, -0.25) is 4.31 Å². The number of rotatable bonds is 7. The van der Waals surface area contributed by atoms with Crippen molar-refractivity contribution in [1.82, 2.24) is 4.72 Å². The third-order valence-corrected chi connectivity index (χ3v) is 8.45. The molecule has 0 radical (unpaired) electrons. The first kappa shape index (κ1) is 21.6. The Kier molecular flexibility index (Phi) is 6.50. The fraction of sp³-hybridized carbons (Fsp3) is 0.400. The number of methoxy groups -OCH3 is 1. The molecule has 1 aliphatic rings. The molecule has 0 spiro atoms. The zero-order valence-electron chi connectivity index (χ0n) is 16.6. The molecule has 1 saturated heterocycles. The largest absolute Gasteiger partial charge is 0.496 e. The van der Waals surface area contributed by atoms with Crippen molar-refractivity contribution in [3.63, 3.8) is 0 Å². The molecule has 29 heavy (non-hydrogen) atoms. The SMILES string of the molecule is COc1ccccc1CCNS(=O)(=O)c1cc(N2CCCCS2(=O)=O)ccc1C. The van der Waals surface area contributed by atoms with Crippen molar-refractivity contribution in [3.05, 3.63) is 53.6 Å². The first-order chi connectivity index (χ1) is 13.7. The van der Waals surface area contributed by atoms with Crippen LogP contribution in [0.5, 0.6) is 5.75 Å². The van der Waals surface area contributed by atoms with Crippen LogP contribution in [0.3, 0.4) is 0 Å². The van der Waals surface area contributed by atoms with E-state index in [9.17, 15) is 16.8 Å². The minimum atomic E-state index is -3.79. The van der Waals surface area contributed by atoms with E-state index in [1.54, 1.807) is 26.2 Å². The van der Waals surface area contributed by atoms with Gasteiger partial charge in [0.25, 0.3) is 0 Å². The highest BCUT2D eigenvalue weighted by Gasteiger charge is 2.27. The number of benzene rings is 2. The summed E-state index contributed by atoms with van der Waals surface area (Å²) in [5.74, 6) is 0.792. The summed E-state index contributed by atoms with van der Waals surface area (Å²) in [7, 11) is -5.62. The van der Waals surface area contributed by atoms with E-state index in [1.807, 2.05) is 24.3 Å². The Bertz CT molecular complexity index is 1080. The van der Waals surface area contributed by atoms with Gasteiger partial charge < -0.3 is 4.74 Å². The maximum absolute atomic E-state index is 12.9. The molecule has 0 amide bonds. The zero-order valence-corrected chi connectivity index (χ0v) is 18.2. The highest BCUT2D eigenvalue weighted by Crippen LogP contribution is 2.28. The van der Waals surface area contributed by atoms with E-state index in [0.717, 1.165) is 12.0 Å². The summed E-state index contributed by atoms with van der Waals surface area (Å²) in [6.07, 6.45) is 1.86. The van der Waals surface area contributed by atoms with Crippen molar-refractivity contribution in [1.29, 1.82) is 0 Å². The lowest BCUT2D eigenvalue weighted by atomic mass is 10.1. The minimum Gasteiger partial charge on any atom is -0.496 e. The van der Waals surface area contributed by atoms with E-state index in [0.29, 0.717) is 36.4 Å². The van der Waals surface area contributed by atoms with Gasteiger partial charge >= 0.3 is 0 Å². The third kappa shape index (κ3) is 4.91. The highest BCUT2D eigenvalue weighted by molar-refractivity contribution is 7.92. The van der Waals surface area contributed by atoms with Crippen molar-refractivity contribution in [2.45, 2.75) is 31.1 Å². The summed E-state index contributed by atoms with van der Waals surface area (Å²) >= 11 is 0. The van der Waals surface area contributed by atoms with Crippen LogP contribution in [0.2, 0.25) is 0 Å². The first-order valence-electron chi connectivity index (χ1n) is 9.47. The number of nitrogens with one attached hydrogen (secondary N) is 1. The monoisotopic (exact) mass is 438 g/mol. The van der Waals surface area contributed by atoms with Crippen LogP contribution >= 0.6 is 0 Å². The van der Waals surface area contributed by atoms with E-state index in [-0.39, 0.29) is 17.2 Å². The molecule has 0 aliphatic carbocycles. The number of sulfonamides is 2. The van der Waals surface area contributed by atoms with Crippen molar-refractivity contribution >= 4 is 25.7 Å². The van der Waals surface area contributed by atoms with Gasteiger partial charge in [-0.2, -0.15) is 0 Å². The lowest BCUT2D eigenvalue weighted by molar-refractivity contribution is 0.409. The van der Waals surface area contributed by atoms with Crippen LogP contribution in [0, 0.1) is 6.92 Å². The van der Waals surface area contributed by atoms with Crippen LogP contribution in [0.4, 0.5) is 5.69 Å². The van der Waals surface area contributed by atoms with Gasteiger partial charge in [-0.05, 0) is 55.5 Å². The van der Waals surface area contributed by atoms with Crippen LogP contribution < -0.4 is 13.8 Å². The van der Waals surface area contributed by atoms with Crippen LogP contribution in [-0.2, 0) is 26.5 Å². The number of nitrogens with zero attached hydrogens (tertiary/aromatic N) is 1. The van der Waals surface area contributed by atoms with Gasteiger partial charge in [0.15, 0.2) is 0 Å². The van der Waals surface area contributed by atoms with Crippen LogP contribution in [0.15, 0.2) is 47.4 Å². The first-order valence-corrected chi connectivity index (χ1v) is 12.6. The predicted molar refractivity (Wildman–Crippen MR) is 113 cm³/mol. The van der Waals surface area contributed by atoms with Crippen LogP contribution in [-0.4, -0.2) is 42.8 Å². The molecule has 7 nitrogen and oxygen atoms in total. The predicted octanol–water partition coefficient (Wildman–Crippen LogP) is 2.45. The molecular weight excluding hydrogens is 412 g/mol. The van der Waals surface area contributed by atoms with Crippen LogP contribution in [0.1, 0.15) is 24.0 Å². The molecule has 0 aromatic heterocycles. The second-order valence-electron chi connectivity index (χ2n) is 7.00. The van der Waals surface area contributed by atoms with Crippen molar-refractivity contribution in [2.75, 3.05) is 30.3 Å². The van der Waals surface area contributed by atoms with E-state index in [2.05, 4.69) is 4.72 Å². The normalized spacial score (nSPS) is 16.6. The molecule has 9 heteroatoms. The fourth-order valence-electron chi connectivity index (χ4n) is 3.42. The second-order valence-corrected chi connectivity index (χ2v) is 10.8. The molecule has 0 unspecified atom stereocenters. The fourth-order valence-corrected chi connectivity index (χ4v) is 6.35. The molecule has 2 aromatic rings. The van der Waals surface area contributed by atoms with Gasteiger partial charge in [0.1, 0.15) is 5.75 Å². The van der Waals surface area contributed by atoms with Gasteiger partial charge in [0, 0.05) is 13.1 Å². The van der Waals surface area contributed by atoms with E-state index >= 15 is 0 Å². The Morgan fingerprint density at radius 1 is 1.14 bits per heavy atom. The number of hydrogen-bond donors (Lipinski definition) is 1. The average Bonchev–Trinajstić information content (AvgIpc) is 2.68. The smallest absolute Gasteiger partial charge is 0.240 e. The molecule has 1 heterocycles. The molecule has 1 aliphatic heterocycles. The summed E-state index contributed by atoms with van der Waals surface area (Å²) < 4.78 is 59.7. The summed E-state index contributed by atoms with van der Waals surface area (Å²) in [6.45, 7) is 2.27. The van der Waals surface area contributed by atoms with Gasteiger partial charge in [0.2, 0.25) is 20.0 Å². The number of hydrogen-bond acceptors (Lipinski definition) is 5. The molecule has 158 valence electrons. The van der Waals surface area contributed by atoms with E-state index in [1.165, 1.54) is 10.4 Å². The Morgan fingerprint density at radius 2 is 1.90 bits per heavy atom. The van der Waals surface area contributed by atoms with E-state index < -0.39 is 20.0 Å². The topological polar surface area (TPSA) is 92.8 Å².